The van der Waals surface area contributed by atoms with Crippen LogP contribution in [0.25, 0.3) is 0 Å². The number of likely N-dealkylation sites (tertiary alicyclic amines) is 1. The highest BCUT2D eigenvalue weighted by Gasteiger charge is 2.32. The fourth-order valence-electron chi connectivity index (χ4n) is 3.60. The number of nitrogens with zero attached hydrogens (tertiary/aromatic N) is 3. The summed E-state index contributed by atoms with van der Waals surface area (Å²) in [7, 11) is 3.47. The van der Waals surface area contributed by atoms with Gasteiger partial charge in [0.1, 0.15) is 5.75 Å². The maximum absolute atomic E-state index is 12.8. The fourth-order valence-corrected chi connectivity index (χ4v) is 3.60. The van der Waals surface area contributed by atoms with E-state index in [2.05, 4.69) is 17.0 Å². The van der Waals surface area contributed by atoms with Crippen LogP contribution >= 0.6 is 0 Å². The zero-order chi connectivity index (χ0) is 17.8. The largest absolute Gasteiger partial charge is 0.497 e. The van der Waals surface area contributed by atoms with Crippen molar-refractivity contribution in [3.63, 3.8) is 0 Å². The third-order valence-corrected chi connectivity index (χ3v) is 5.25. The van der Waals surface area contributed by atoms with Gasteiger partial charge in [0.15, 0.2) is 0 Å². The topological polar surface area (TPSA) is 53.1 Å². The lowest BCUT2D eigenvalue weighted by molar-refractivity contribution is -0.144. The van der Waals surface area contributed by atoms with Crippen LogP contribution in [0, 0.1) is 5.92 Å². The van der Waals surface area contributed by atoms with Crippen LogP contribution in [-0.2, 0) is 9.59 Å². The third kappa shape index (κ3) is 4.06. The van der Waals surface area contributed by atoms with Crippen molar-refractivity contribution in [1.29, 1.82) is 0 Å². The van der Waals surface area contributed by atoms with E-state index in [-0.39, 0.29) is 17.7 Å². The summed E-state index contributed by atoms with van der Waals surface area (Å²) >= 11 is 0. The van der Waals surface area contributed by atoms with E-state index in [4.69, 9.17) is 4.74 Å². The molecule has 1 aromatic rings. The summed E-state index contributed by atoms with van der Waals surface area (Å²) in [5, 5.41) is 0. The number of amides is 2. The molecular weight excluding hydrogens is 318 g/mol. The van der Waals surface area contributed by atoms with Crippen LogP contribution in [0.3, 0.4) is 0 Å². The number of carbonyl (C=O) groups is 2. The Kier molecular flexibility index (Phi) is 5.46. The Morgan fingerprint density at radius 3 is 2.52 bits per heavy atom. The van der Waals surface area contributed by atoms with E-state index in [0.29, 0.717) is 19.5 Å². The zero-order valence-corrected chi connectivity index (χ0v) is 15.1. The van der Waals surface area contributed by atoms with E-state index in [9.17, 15) is 9.59 Å². The first-order chi connectivity index (χ1) is 12.1. The molecule has 1 atom stereocenters. The van der Waals surface area contributed by atoms with E-state index in [0.717, 1.165) is 43.9 Å². The molecule has 25 heavy (non-hydrogen) atoms. The molecule has 2 aliphatic heterocycles. The van der Waals surface area contributed by atoms with Gasteiger partial charge in [0.2, 0.25) is 11.8 Å². The quantitative estimate of drug-likeness (QED) is 0.835. The summed E-state index contributed by atoms with van der Waals surface area (Å²) in [6.07, 6.45) is 2.08. The van der Waals surface area contributed by atoms with Gasteiger partial charge in [0, 0.05) is 57.8 Å². The number of hydrogen-bond acceptors (Lipinski definition) is 4. The second-order valence-corrected chi connectivity index (χ2v) is 6.87. The van der Waals surface area contributed by atoms with Crippen LogP contribution in [-0.4, -0.2) is 68.5 Å². The molecule has 2 amide bonds. The summed E-state index contributed by atoms with van der Waals surface area (Å²) in [4.78, 5) is 30.7. The van der Waals surface area contributed by atoms with Gasteiger partial charge in [-0.2, -0.15) is 0 Å². The average Bonchev–Trinajstić information content (AvgIpc) is 2.89. The molecule has 2 saturated heterocycles. The molecule has 6 heteroatoms. The Hall–Kier alpha value is -2.24. The highest BCUT2D eigenvalue weighted by atomic mass is 16.5. The standard InChI is InChI=1S/C19H27N3O3/c1-20-11-8-15(14-18(20)23)19(24)22-10-3-9-21(12-13-22)16-4-6-17(25-2)7-5-16/h4-7,15H,3,8-14H2,1-2H3. The Morgan fingerprint density at radius 1 is 1.08 bits per heavy atom. The monoisotopic (exact) mass is 345 g/mol. The van der Waals surface area contributed by atoms with E-state index >= 15 is 0 Å². The number of piperidine rings is 1. The molecule has 0 N–H and O–H groups in total. The Morgan fingerprint density at radius 2 is 1.84 bits per heavy atom. The first kappa shape index (κ1) is 17.6. The molecule has 0 bridgehead atoms. The SMILES string of the molecule is COc1ccc(N2CCCN(C(=O)C3CCN(C)C(=O)C3)CC2)cc1. The van der Waals surface area contributed by atoms with Crippen molar-refractivity contribution in [2.24, 2.45) is 5.92 Å². The van der Waals surface area contributed by atoms with Gasteiger partial charge < -0.3 is 19.4 Å². The molecule has 136 valence electrons. The molecule has 2 aliphatic rings. The van der Waals surface area contributed by atoms with Gasteiger partial charge in [-0.15, -0.1) is 0 Å². The molecule has 3 rings (SSSR count). The molecule has 0 saturated carbocycles. The second-order valence-electron chi connectivity index (χ2n) is 6.87. The molecule has 1 aromatic carbocycles. The number of ether oxygens (including phenoxy) is 1. The number of benzene rings is 1. The highest BCUT2D eigenvalue weighted by molar-refractivity contribution is 5.87. The van der Waals surface area contributed by atoms with Crippen molar-refractivity contribution in [2.45, 2.75) is 19.3 Å². The molecule has 0 aliphatic carbocycles. The number of rotatable bonds is 3. The summed E-state index contributed by atoms with van der Waals surface area (Å²) in [5.74, 6) is 0.941. The van der Waals surface area contributed by atoms with Gasteiger partial charge in [-0.1, -0.05) is 0 Å². The van der Waals surface area contributed by atoms with Crippen molar-refractivity contribution in [3.05, 3.63) is 24.3 Å². The van der Waals surface area contributed by atoms with Gasteiger partial charge >= 0.3 is 0 Å². The maximum atomic E-state index is 12.8. The number of methoxy groups -OCH3 is 1. The Labute approximate surface area is 149 Å². The number of hydrogen-bond donors (Lipinski definition) is 0. The van der Waals surface area contributed by atoms with Crippen molar-refractivity contribution in [2.75, 3.05) is 51.8 Å². The van der Waals surface area contributed by atoms with Crippen LogP contribution < -0.4 is 9.64 Å². The summed E-state index contributed by atoms with van der Waals surface area (Å²) < 4.78 is 5.21. The van der Waals surface area contributed by atoms with Gasteiger partial charge in [-0.3, -0.25) is 9.59 Å². The number of carbonyl (C=O) groups excluding carboxylic acids is 2. The molecule has 0 radical (unpaired) electrons. The molecule has 0 spiro atoms. The van der Waals surface area contributed by atoms with E-state index in [1.54, 1.807) is 12.0 Å². The predicted octanol–water partition coefficient (Wildman–Crippen LogP) is 1.60. The smallest absolute Gasteiger partial charge is 0.226 e. The van der Waals surface area contributed by atoms with Crippen molar-refractivity contribution < 1.29 is 14.3 Å². The second kappa shape index (κ2) is 7.76. The Bertz CT molecular complexity index is 617. The van der Waals surface area contributed by atoms with Crippen LogP contribution in [0.4, 0.5) is 5.69 Å². The molecular formula is C19H27N3O3. The lowest BCUT2D eigenvalue weighted by atomic mass is 9.95. The molecule has 2 heterocycles. The number of anilines is 1. The van der Waals surface area contributed by atoms with E-state index in [1.165, 1.54) is 0 Å². The minimum Gasteiger partial charge on any atom is -0.497 e. The average molecular weight is 345 g/mol. The highest BCUT2D eigenvalue weighted by Crippen LogP contribution is 2.23. The Balaban J connectivity index is 1.59. The van der Waals surface area contributed by atoms with Crippen molar-refractivity contribution >= 4 is 17.5 Å². The van der Waals surface area contributed by atoms with Gasteiger partial charge in [0.25, 0.3) is 0 Å². The molecule has 1 unspecified atom stereocenters. The third-order valence-electron chi connectivity index (χ3n) is 5.25. The summed E-state index contributed by atoms with van der Waals surface area (Å²) in [6.45, 7) is 3.92. The van der Waals surface area contributed by atoms with E-state index < -0.39 is 0 Å². The van der Waals surface area contributed by atoms with Crippen LogP contribution in [0.15, 0.2) is 24.3 Å². The first-order valence-corrected chi connectivity index (χ1v) is 9.00. The normalized spacial score (nSPS) is 21.9. The fraction of sp³-hybridized carbons (Fsp3) is 0.579. The van der Waals surface area contributed by atoms with Crippen LogP contribution in [0.5, 0.6) is 5.75 Å². The van der Waals surface area contributed by atoms with Crippen LogP contribution in [0.1, 0.15) is 19.3 Å². The minimum atomic E-state index is -0.142. The van der Waals surface area contributed by atoms with Crippen molar-refractivity contribution in [1.82, 2.24) is 9.80 Å². The molecule has 0 aromatic heterocycles. The molecule has 6 nitrogen and oxygen atoms in total. The lowest BCUT2D eigenvalue weighted by Crippen LogP contribution is -2.44. The summed E-state index contributed by atoms with van der Waals surface area (Å²) in [6, 6.07) is 8.05. The maximum Gasteiger partial charge on any atom is 0.226 e. The minimum absolute atomic E-state index is 0.0827. The predicted molar refractivity (Wildman–Crippen MR) is 96.8 cm³/mol. The van der Waals surface area contributed by atoms with E-state index in [1.807, 2.05) is 24.1 Å². The van der Waals surface area contributed by atoms with Gasteiger partial charge in [-0.05, 0) is 37.1 Å². The summed E-state index contributed by atoms with van der Waals surface area (Å²) in [5.41, 5.74) is 1.16. The first-order valence-electron chi connectivity index (χ1n) is 9.00. The lowest BCUT2D eigenvalue weighted by Gasteiger charge is -2.31. The molecule has 2 fully saturated rings. The van der Waals surface area contributed by atoms with Crippen LogP contribution in [0.2, 0.25) is 0 Å². The van der Waals surface area contributed by atoms with Gasteiger partial charge in [-0.25, -0.2) is 0 Å². The van der Waals surface area contributed by atoms with Gasteiger partial charge in [0.05, 0.1) is 7.11 Å². The zero-order valence-electron chi connectivity index (χ0n) is 15.1. The van der Waals surface area contributed by atoms with Crippen molar-refractivity contribution in [3.8, 4) is 5.75 Å².